The molecule has 0 unspecified atom stereocenters. The first-order valence-electron chi connectivity index (χ1n) is 5.47. The first kappa shape index (κ1) is 11.7. The summed E-state index contributed by atoms with van der Waals surface area (Å²) in [5.41, 5.74) is 7.03. The summed E-state index contributed by atoms with van der Waals surface area (Å²) in [6, 6.07) is 7.93. The third-order valence-electron chi connectivity index (χ3n) is 2.88. The molecule has 0 aliphatic carbocycles. The fourth-order valence-corrected chi connectivity index (χ4v) is 1.98. The smallest absolute Gasteiger partial charge is 0.325 e. The zero-order valence-electron chi connectivity index (χ0n) is 9.99. The number of ether oxygens (including phenoxy) is 1. The average molecular weight is 232 g/mol. The predicted molar refractivity (Wildman–Crippen MR) is 66.6 cm³/mol. The maximum Gasteiger partial charge on any atom is 0.325 e. The molecule has 0 spiro atoms. The van der Waals surface area contributed by atoms with Crippen LogP contribution >= 0.6 is 0 Å². The number of methoxy groups -OCH3 is 1. The number of nitrogens with two attached hydrogens (primary N) is 1. The molecule has 2 aromatic rings. The van der Waals surface area contributed by atoms with E-state index in [4.69, 9.17) is 10.5 Å². The van der Waals surface area contributed by atoms with Crippen LogP contribution in [0.3, 0.4) is 0 Å². The van der Waals surface area contributed by atoms with E-state index in [0.717, 1.165) is 16.5 Å². The molecular weight excluding hydrogens is 216 g/mol. The Bertz CT molecular complexity index is 543. The van der Waals surface area contributed by atoms with Crippen LogP contribution in [0, 0.1) is 0 Å². The molecule has 3 N–H and O–H groups in total. The standard InChI is InChI=1S/C13H16N2O2/c1-13(14,12(16)17-2)7-9-8-15-11-6-4-3-5-10(9)11/h3-6,8,15H,7,14H2,1-2H3/t13-/m0/s1. The van der Waals surface area contributed by atoms with E-state index in [1.54, 1.807) is 6.92 Å². The molecule has 4 heteroatoms. The van der Waals surface area contributed by atoms with Crippen molar-refractivity contribution >= 4 is 16.9 Å². The second kappa shape index (κ2) is 4.22. The van der Waals surface area contributed by atoms with Crippen LogP contribution in [-0.2, 0) is 16.0 Å². The lowest BCUT2D eigenvalue weighted by Crippen LogP contribution is -2.47. The van der Waals surface area contributed by atoms with Crippen LogP contribution in [-0.4, -0.2) is 23.6 Å². The summed E-state index contributed by atoms with van der Waals surface area (Å²) in [7, 11) is 1.35. The van der Waals surface area contributed by atoms with Gasteiger partial charge in [-0.3, -0.25) is 4.79 Å². The molecule has 0 saturated carbocycles. The number of H-pyrrole nitrogens is 1. The second-order valence-corrected chi connectivity index (χ2v) is 4.45. The van der Waals surface area contributed by atoms with Gasteiger partial charge in [0.2, 0.25) is 0 Å². The van der Waals surface area contributed by atoms with Crippen LogP contribution in [0.5, 0.6) is 0 Å². The Hall–Kier alpha value is -1.81. The maximum atomic E-state index is 11.5. The lowest BCUT2D eigenvalue weighted by Gasteiger charge is -2.20. The summed E-state index contributed by atoms with van der Waals surface area (Å²) >= 11 is 0. The topological polar surface area (TPSA) is 68.1 Å². The van der Waals surface area contributed by atoms with Crippen molar-refractivity contribution in [2.75, 3.05) is 7.11 Å². The molecule has 2 rings (SSSR count). The van der Waals surface area contributed by atoms with E-state index in [9.17, 15) is 4.79 Å². The molecule has 90 valence electrons. The van der Waals surface area contributed by atoms with Gasteiger partial charge in [0.1, 0.15) is 5.54 Å². The first-order chi connectivity index (χ1) is 8.04. The maximum absolute atomic E-state index is 11.5. The van der Waals surface area contributed by atoms with Gasteiger partial charge in [0.05, 0.1) is 7.11 Å². The quantitative estimate of drug-likeness (QED) is 0.790. The highest BCUT2D eigenvalue weighted by molar-refractivity contribution is 5.85. The fraction of sp³-hybridized carbons (Fsp3) is 0.308. The highest BCUT2D eigenvalue weighted by Crippen LogP contribution is 2.21. The van der Waals surface area contributed by atoms with Gasteiger partial charge in [0.25, 0.3) is 0 Å². The van der Waals surface area contributed by atoms with E-state index in [1.165, 1.54) is 7.11 Å². The van der Waals surface area contributed by atoms with Crippen molar-refractivity contribution in [1.29, 1.82) is 0 Å². The molecule has 0 aliphatic heterocycles. The molecule has 0 bridgehead atoms. The van der Waals surface area contributed by atoms with Crippen LogP contribution in [0.1, 0.15) is 12.5 Å². The summed E-state index contributed by atoms with van der Waals surface area (Å²) < 4.78 is 4.70. The summed E-state index contributed by atoms with van der Waals surface area (Å²) in [5, 5.41) is 1.09. The largest absolute Gasteiger partial charge is 0.468 e. The zero-order chi connectivity index (χ0) is 12.5. The van der Waals surface area contributed by atoms with Crippen molar-refractivity contribution in [3.63, 3.8) is 0 Å². The summed E-state index contributed by atoms with van der Waals surface area (Å²) in [6.45, 7) is 1.68. The van der Waals surface area contributed by atoms with Crippen molar-refractivity contribution in [1.82, 2.24) is 4.98 Å². The molecule has 1 aromatic heterocycles. The Morgan fingerprint density at radius 1 is 1.47 bits per heavy atom. The Morgan fingerprint density at radius 3 is 2.88 bits per heavy atom. The minimum atomic E-state index is -1.00. The third-order valence-corrected chi connectivity index (χ3v) is 2.88. The highest BCUT2D eigenvalue weighted by atomic mass is 16.5. The monoisotopic (exact) mass is 232 g/mol. The molecule has 0 fully saturated rings. The van der Waals surface area contributed by atoms with E-state index in [2.05, 4.69) is 4.98 Å². The number of esters is 1. The number of carbonyl (C=O) groups excluding carboxylic acids is 1. The lowest BCUT2D eigenvalue weighted by atomic mass is 9.94. The van der Waals surface area contributed by atoms with Gasteiger partial charge in [-0.05, 0) is 18.6 Å². The van der Waals surface area contributed by atoms with Crippen LogP contribution in [0.15, 0.2) is 30.5 Å². The second-order valence-electron chi connectivity index (χ2n) is 4.45. The number of rotatable bonds is 3. The Morgan fingerprint density at radius 2 is 2.18 bits per heavy atom. The first-order valence-corrected chi connectivity index (χ1v) is 5.47. The number of benzene rings is 1. The molecule has 1 atom stereocenters. The summed E-state index contributed by atoms with van der Waals surface area (Å²) in [4.78, 5) is 14.7. The predicted octanol–water partition coefficient (Wildman–Crippen LogP) is 1.60. The van der Waals surface area contributed by atoms with E-state index in [1.807, 2.05) is 30.5 Å². The van der Waals surface area contributed by atoms with E-state index < -0.39 is 11.5 Å². The number of fused-ring (bicyclic) bond motifs is 1. The van der Waals surface area contributed by atoms with Crippen LogP contribution in [0.25, 0.3) is 10.9 Å². The van der Waals surface area contributed by atoms with Gasteiger partial charge in [-0.25, -0.2) is 0 Å². The normalized spacial score (nSPS) is 14.5. The third kappa shape index (κ3) is 2.17. The average Bonchev–Trinajstić information content (AvgIpc) is 2.71. The molecule has 1 aromatic carbocycles. The van der Waals surface area contributed by atoms with Gasteiger partial charge in [-0.2, -0.15) is 0 Å². The number of hydrogen-bond donors (Lipinski definition) is 2. The van der Waals surface area contributed by atoms with Crippen molar-refractivity contribution in [3.05, 3.63) is 36.0 Å². The van der Waals surface area contributed by atoms with Crippen LogP contribution in [0.2, 0.25) is 0 Å². The van der Waals surface area contributed by atoms with Gasteiger partial charge in [0.15, 0.2) is 0 Å². The molecular formula is C13H16N2O2. The number of hydrogen-bond acceptors (Lipinski definition) is 3. The Kier molecular flexibility index (Phi) is 2.90. The molecule has 0 saturated heterocycles. The minimum Gasteiger partial charge on any atom is -0.468 e. The molecule has 0 radical (unpaired) electrons. The molecule has 0 aliphatic rings. The van der Waals surface area contributed by atoms with E-state index in [0.29, 0.717) is 6.42 Å². The van der Waals surface area contributed by atoms with Crippen LogP contribution in [0.4, 0.5) is 0 Å². The Labute approximate surface area is 99.8 Å². The van der Waals surface area contributed by atoms with Gasteiger partial charge in [-0.15, -0.1) is 0 Å². The molecule has 4 nitrogen and oxygen atoms in total. The van der Waals surface area contributed by atoms with Crippen molar-refractivity contribution in [2.45, 2.75) is 18.9 Å². The molecule has 1 heterocycles. The van der Waals surface area contributed by atoms with Gasteiger partial charge < -0.3 is 15.5 Å². The number of aromatic nitrogens is 1. The number of nitrogens with one attached hydrogen (secondary N) is 1. The summed E-state index contributed by atoms with van der Waals surface area (Å²) in [6.07, 6.45) is 2.34. The van der Waals surface area contributed by atoms with Crippen LogP contribution < -0.4 is 5.73 Å². The van der Waals surface area contributed by atoms with Gasteiger partial charge >= 0.3 is 5.97 Å². The Balaban J connectivity index is 2.33. The summed E-state index contributed by atoms with van der Waals surface area (Å²) in [5.74, 6) is -0.400. The van der Waals surface area contributed by atoms with Crippen molar-refractivity contribution < 1.29 is 9.53 Å². The van der Waals surface area contributed by atoms with Gasteiger partial charge in [0, 0.05) is 23.5 Å². The number of para-hydroxylation sites is 1. The number of aromatic amines is 1. The molecule has 0 amide bonds. The van der Waals surface area contributed by atoms with Crippen molar-refractivity contribution in [3.8, 4) is 0 Å². The van der Waals surface area contributed by atoms with E-state index in [-0.39, 0.29) is 0 Å². The van der Waals surface area contributed by atoms with Gasteiger partial charge in [-0.1, -0.05) is 18.2 Å². The SMILES string of the molecule is COC(=O)[C@@](C)(N)Cc1c[nH]c2ccccc12. The zero-order valence-corrected chi connectivity index (χ0v) is 9.99. The number of carbonyl (C=O) groups is 1. The fourth-order valence-electron chi connectivity index (χ4n) is 1.98. The lowest BCUT2D eigenvalue weighted by molar-refractivity contribution is -0.146. The molecule has 17 heavy (non-hydrogen) atoms. The highest BCUT2D eigenvalue weighted by Gasteiger charge is 2.30. The minimum absolute atomic E-state index is 0.400. The van der Waals surface area contributed by atoms with Crippen molar-refractivity contribution in [2.24, 2.45) is 5.73 Å². The van der Waals surface area contributed by atoms with E-state index >= 15 is 0 Å².